The summed E-state index contributed by atoms with van der Waals surface area (Å²) in [5.41, 5.74) is 0.928. The highest BCUT2D eigenvalue weighted by molar-refractivity contribution is 7.96. The molecule has 0 aromatic heterocycles. The third-order valence-corrected chi connectivity index (χ3v) is 12.6. The number of hydrogen-bond acceptors (Lipinski definition) is 4. The Morgan fingerprint density at radius 3 is 1.14 bits per heavy atom. The lowest BCUT2D eigenvalue weighted by Crippen LogP contribution is -2.18. The van der Waals surface area contributed by atoms with Crippen molar-refractivity contribution in [3.05, 3.63) is 81.6 Å². The lowest BCUT2D eigenvalue weighted by Gasteiger charge is -2.24. The molecule has 0 radical (unpaired) electrons. The molecular weight excluding hydrogens is 488 g/mol. The maximum Gasteiger partial charge on any atom is 0.202 e. The first-order valence-electron chi connectivity index (χ1n) is 12.5. The largest absolute Gasteiger partial charge is 0.219 e. The molecule has 2 atom stereocenters. The highest BCUT2D eigenvalue weighted by Crippen LogP contribution is 2.82. The molecule has 0 heterocycles. The van der Waals surface area contributed by atoms with Crippen molar-refractivity contribution in [1.82, 2.24) is 0 Å². The van der Waals surface area contributed by atoms with Crippen LogP contribution in [0.4, 0.5) is 0 Å². The Morgan fingerprint density at radius 1 is 0.583 bits per heavy atom. The van der Waals surface area contributed by atoms with Crippen LogP contribution < -0.4 is 0 Å². The maximum absolute atomic E-state index is 13.8. The molecular formula is C30H36O4S2. The van der Waals surface area contributed by atoms with Gasteiger partial charge >= 0.3 is 0 Å². The van der Waals surface area contributed by atoms with Gasteiger partial charge in [-0.15, -0.1) is 0 Å². The zero-order chi connectivity index (χ0) is 26.7. The van der Waals surface area contributed by atoms with Crippen LogP contribution in [0.15, 0.2) is 80.3 Å². The van der Waals surface area contributed by atoms with Gasteiger partial charge in [0, 0.05) is 17.3 Å². The molecule has 0 bridgehead atoms. The Balaban J connectivity index is 1.49. The van der Waals surface area contributed by atoms with Crippen LogP contribution in [0.5, 0.6) is 0 Å². The van der Waals surface area contributed by atoms with E-state index in [0.717, 1.165) is 11.1 Å². The molecule has 2 aromatic rings. The Kier molecular flexibility index (Phi) is 5.11. The van der Waals surface area contributed by atoms with Crippen LogP contribution in [0.3, 0.4) is 0 Å². The van der Waals surface area contributed by atoms with Crippen molar-refractivity contribution >= 4 is 19.7 Å². The van der Waals surface area contributed by atoms with E-state index in [1.165, 1.54) is 0 Å². The second-order valence-electron chi connectivity index (χ2n) is 13.2. The summed E-state index contributed by atoms with van der Waals surface area (Å²) in [5, 5.41) is 0. The monoisotopic (exact) mass is 524 g/mol. The van der Waals surface area contributed by atoms with Crippen LogP contribution in [0.1, 0.15) is 66.5 Å². The SMILES string of the molecule is CC(C)(C)c1ccc(S(=O)(=O)C2=CC3(C)C=C(S(=O)(=O)c4ccc(C(C)(C)C)cc4)C4C2C43C)cc1. The molecule has 1 fully saturated rings. The summed E-state index contributed by atoms with van der Waals surface area (Å²) in [6, 6.07) is 14.2. The maximum atomic E-state index is 13.8. The molecule has 4 nitrogen and oxygen atoms in total. The van der Waals surface area contributed by atoms with Crippen molar-refractivity contribution in [3.63, 3.8) is 0 Å². The van der Waals surface area contributed by atoms with Gasteiger partial charge in [0.2, 0.25) is 19.7 Å². The molecule has 36 heavy (non-hydrogen) atoms. The molecule has 5 rings (SSSR count). The first-order chi connectivity index (χ1) is 16.3. The lowest BCUT2D eigenvalue weighted by atomic mass is 9.79. The van der Waals surface area contributed by atoms with E-state index < -0.39 is 30.5 Å². The molecule has 2 aromatic carbocycles. The Hall–Kier alpha value is -2.18. The van der Waals surface area contributed by atoms with Gasteiger partial charge in [0.1, 0.15) is 0 Å². The topological polar surface area (TPSA) is 68.3 Å². The molecule has 0 N–H and O–H groups in total. The summed E-state index contributed by atoms with van der Waals surface area (Å²) >= 11 is 0. The lowest BCUT2D eigenvalue weighted by molar-refractivity contribution is 0.332. The van der Waals surface area contributed by atoms with Crippen LogP contribution in [0, 0.1) is 22.7 Å². The highest BCUT2D eigenvalue weighted by Gasteiger charge is 2.80. The van der Waals surface area contributed by atoms with Gasteiger partial charge in [-0.05, 0) is 51.6 Å². The predicted molar refractivity (Wildman–Crippen MR) is 144 cm³/mol. The third kappa shape index (κ3) is 3.36. The molecule has 3 aliphatic rings. The number of benzene rings is 2. The highest BCUT2D eigenvalue weighted by atomic mass is 32.2. The zero-order valence-electron chi connectivity index (χ0n) is 22.4. The van der Waals surface area contributed by atoms with Gasteiger partial charge in [0.25, 0.3) is 0 Å². The van der Waals surface area contributed by atoms with Gasteiger partial charge < -0.3 is 0 Å². The van der Waals surface area contributed by atoms with Crippen LogP contribution >= 0.6 is 0 Å². The normalized spacial score (nSPS) is 29.6. The molecule has 2 unspecified atom stereocenters. The van der Waals surface area contributed by atoms with Gasteiger partial charge in [-0.2, -0.15) is 0 Å². The summed E-state index contributed by atoms with van der Waals surface area (Å²) in [5.74, 6) is -0.642. The van der Waals surface area contributed by atoms with E-state index in [9.17, 15) is 16.8 Å². The molecule has 192 valence electrons. The van der Waals surface area contributed by atoms with Crippen LogP contribution in [-0.2, 0) is 30.5 Å². The van der Waals surface area contributed by atoms with Gasteiger partial charge in [0.15, 0.2) is 0 Å². The van der Waals surface area contributed by atoms with Gasteiger partial charge in [0.05, 0.1) is 19.6 Å². The fraction of sp³-hybridized carbons (Fsp3) is 0.467. The number of rotatable bonds is 4. The Morgan fingerprint density at radius 2 is 0.889 bits per heavy atom. The average molecular weight is 525 g/mol. The molecule has 0 amide bonds. The minimum Gasteiger partial charge on any atom is -0.219 e. The van der Waals surface area contributed by atoms with Crippen molar-refractivity contribution < 1.29 is 16.8 Å². The minimum absolute atomic E-state index is 0.0746. The smallest absolute Gasteiger partial charge is 0.202 e. The van der Waals surface area contributed by atoms with E-state index in [1.54, 1.807) is 24.3 Å². The van der Waals surface area contributed by atoms with Crippen molar-refractivity contribution in [3.8, 4) is 0 Å². The predicted octanol–water partition coefficient (Wildman–Crippen LogP) is 6.58. The van der Waals surface area contributed by atoms with Crippen molar-refractivity contribution in [1.29, 1.82) is 0 Å². The first kappa shape index (κ1) is 25.5. The number of allylic oxidation sites excluding steroid dienone is 4. The van der Waals surface area contributed by atoms with E-state index in [2.05, 4.69) is 41.5 Å². The molecule has 0 saturated heterocycles. The standard InChI is InChI=1S/C30H36O4S2/c1-27(2,3)19-9-13-21(14-10-19)35(31,32)23-17-29(7)18-24(26-25(23)30(26,29)8)36(33,34)22-15-11-20(12-16-22)28(4,5)6/h9-18,25-26H,1-8H3. The van der Waals surface area contributed by atoms with Gasteiger partial charge in [-0.1, -0.05) is 91.8 Å². The van der Waals surface area contributed by atoms with Crippen LogP contribution in [0.25, 0.3) is 0 Å². The van der Waals surface area contributed by atoms with Gasteiger partial charge in [-0.25, -0.2) is 16.8 Å². The van der Waals surface area contributed by atoms with E-state index in [4.69, 9.17) is 0 Å². The number of fused-ring (bicyclic) bond motifs is 1. The minimum atomic E-state index is -3.73. The molecule has 1 saturated carbocycles. The van der Waals surface area contributed by atoms with Crippen molar-refractivity contribution in [2.45, 2.75) is 76.0 Å². The van der Waals surface area contributed by atoms with E-state index >= 15 is 0 Å². The second kappa shape index (κ2) is 7.22. The summed E-state index contributed by atoms with van der Waals surface area (Å²) in [7, 11) is -7.47. The second-order valence-corrected chi connectivity index (χ2v) is 17.1. The summed E-state index contributed by atoms with van der Waals surface area (Å²) in [6.45, 7) is 16.6. The van der Waals surface area contributed by atoms with Crippen molar-refractivity contribution in [2.75, 3.05) is 0 Å². The third-order valence-electron chi connectivity index (χ3n) is 8.86. The van der Waals surface area contributed by atoms with Crippen LogP contribution in [-0.4, -0.2) is 16.8 Å². The zero-order valence-corrected chi connectivity index (χ0v) is 24.0. The molecule has 3 aliphatic carbocycles. The Bertz CT molecular complexity index is 1410. The van der Waals surface area contributed by atoms with E-state index in [0.29, 0.717) is 9.81 Å². The molecule has 6 heteroatoms. The molecule has 0 spiro atoms. The van der Waals surface area contributed by atoms with Crippen molar-refractivity contribution in [2.24, 2.45) is 22.7 Å². The number of sulfone groups is 2. The summed E-state index contributed by atoms with van der Waals surface area (Å²) in [6.07, 6.45) is 3.62. The fourth-order valence-corrected chi connectivity index (χ4v) is 10.0. The van der Waals surface area contributed by atoms with Crippen LogP contribution in [0.2, 0.25) is 0 Å². The quantitative estimate of drug-likeness (QED) is 0.453. The van der Waals surface area contributed by atoms with Gasteiger partial charge in [-0.3, -0.25) is 0 Å². The Labute approximate surface area is 216 Å². The fourth-order valence-electron chi connectivity index (χ4n) is 6.26. The summed E-state index contributed by atoms with van der Waals surface area (Å²) in [4.78, 5) is 1.27. The average Bonchev–Trinajstić information content (AvgIpc) is 3.29. The van der Waals surface area contributed by atoms with E-state index in [-0.39, 0.29) is 32.5 Å². The molecule has 0 aliphatic heterocycles. The summed E-state index contributed by atoms with van der Waals surface area (Å²) < 4.78 is 55.0. The number of hydrogen-bond donors (Lipinski definition) is 0. The van der Waals surface area contributed by atoms with E-state index in [1.807, 2.05) is 50.3 Å². The first-order valence-corrected chi connectivity index (χ1v) is 15.5.